The van der Waals surface area contributed by atoms with Crippen LogP contribution in [0.5, 0.6) is 5.75 Å². The molecule has 9 heteroatoms. The second kappa shape index (κ2) is 6.37. The van der Waals surface area contributed by atoms with Crippen LogP contribution in [0.15, 0.2) is 23.8 Å². The molecule has 1 aliphatic heterocycles. The quantitative estimate of drug-likeness (QED) is 0.607. The van der Waals surface area contributed by atoms with Gasteiger partial charge in [-0.05, 0) is 30.7 Å². The molecule has 1 aromatic carbocycles. The number of esters is 1. The van der Waals surface area contributed by atoms with Crippen molar-refractivity contribution in [3.05, 3.63) is 34.9 Å². The Morgan fingerprint density at radius 1 is 1.21 bits per heavy atom. The maximum atomic E-state index is 13.1. The summed E-state index contributed by atoms with van der Waals surface area (Å²) < 4.78 is 85.8. The molecule has 1 atom stereocenters. The van der Waals surface area contributed by atoms with Crippen LogP contribution in [0.25, 0.3) is 6.08 Å². The number of carbonyl (C=O) groups is 1. The van der Waals surface area contributed by atoms with E-state index in [-0.39, 0.29) is 23.5 Å². The lowest BCUT2D eigenvalue weighted by Crippen LogP contribution is -2.40. The van der Waals surface area contributed by atoms with E-state index in [4.69, 9.17) is 4.74 Å². The summed E-state index contributed by atoms with van der Waals surface area (Å²) in [5, 5.41) is 0. The maximum absolute atomic E-state index is 13.1. The molecule has 0 radical (unpaired) electrons. The fourth-order valence-electron chi connectivity index (χ4n) is 2.22. The van der Waals surface area contributed by atoms with E-state index in [1.54, 1.807) is 0 Å². The Balaban J connectivity index is 2.44. The van der Waals surface area contributed by atoms with Gasteiger partial charge >= 0.3 is 18.3 Å². The lowest BCUT2D eigenvalue weighted by atomic mass is 9.98. The van der Waals surface area contributed by atoms with E-state index in [0.717, 1.165) is 24.3 Å². The predicted octanol–water partition coefficient (Wildman–Crippen LogP) is 4.06. The Hall–Kier alpha value is -2.19. The number of fused-ring (bicyclic) bond motifs is 1. The van der Waals surface area contributed by atoms with Gasteiger partial charge in [-0.25, -0.2) is 4.79 Å². The van der Waals surface area contributed by atoms with Crippen molar-refractivity contribution >= 4 is 12.0 Å². The molecular formula is C15H12F6O3. The molecule has 3 nitrogen and oxygen atoms in total. The summed E-state index contributed by atoms with van der Waals surface area (Å²) in [6.45, 7) is 1.27. The lowest BCUT2D eigenvalue weighted by Gasteiger charge is -2.28. The predicted molar refractivity (Wildman–Crippen MR) is 71.3 cm³/mol. The van der Waals surface area contributed by atoms with Gasteiger partial charge in [0.2, 0.25) is 6.10 Å². The highest BCUT2D eigenvalue weighted by Crippen LogP contribution is 2.38. The Labute approximate surface area is 132 Å². The fraction of sp³-hybridized carbons (Fsp3) is 0.400. The molecule has 0 amide bonds. The average Bonchev–Trinajstić information content (AvgIpc) is 2.43. The third kappa shape index (κ3) is 4.21. The molecule has 1 aromatic rings. The highest BCUT2D eigenvalue weighted by atomic mass is 19.4. The molecule has 0 fully saturated rings. The van der Waals surface area contributed by atoms with Gasteiger partial charge in [-0.15, -0.1) is 0 Å². The van der Waals surface area contributed by atoms with E-state index in [9.17, 15) is 31.1 Å². The number of rotatable bonds is 3. The second-order valence-corrected chi connectivity index (χ2v) is 5.02. The van der Waals surface area contributed by atoms with Gasteiger partial charge in [-0.3, -0.25) is 0 Å². The minimum Gasteiger partial charge on any atom is -0.475 e. The lowest BCUT2D eigenvalue weighted by molar-refractivity contribution is -0.187. The van der Waals surface area contributed by atoms with Gasteiger partial charge in [0.1, 0.15) is 5.75 Å². The van der Waals surface area contributed by atoms with Crippen molar-refractivity contribution in [3.63, 3.8) is 0 Å². The molecule has 0 saturated heterocycles. The topological polar surface area (TPSA) is 35.5 Å². The van der Waals surface area contributed by atoms with Gasteiger partial charge in [0.05, 0.1) is 18.6 Å². The highest BCUT2D eigenvalue weighted by Gasteiger charge is 2.48. The van der Waals surface area contributed by atoms with Gasteiger partial charge in [-0.2, -0.15) is 26.3 Å². The van der Waals surface area contributed by atoms with Crippen LogP contribution in [0.3, 0.4) is 0 Å². The van der Waals surface area contributed by atoms with Gasteiger partial charge in [0.15, 0.2) is 0 Å². The second-order valence-electron chi connectivity index (χ2n) is 5.02. The Kier molecular flexibility index (Phi) is 4.82. The minimum atomic E-state index is -4.87. The molecule has 132 valence electrons. The Morgan fingerprint density at radius 2 is 1.88 bits per heavy atom. The summed E-state index contributed by atoms with van der Waals surface area (Å²) in [5.74, 6) is -1.48. The molecule has 0 aliphatic carbocycles. The normalized spacial score (nSPS) is 17.6. The van der Waals surface area contributed by atoms with Crippen LogP contribution in [-0.4, -0.2) is 31.0 Å². The van der Waals surface area contributed by atoms with Crippen LogP contribution in [0.1, 0.15) is 18.1 Å². The van der Waals surface area contributed by atoms with Crippen LogP contribution in [-0.2, 0) is 16.0 Å². The maximum Gasteiger partial charge on any atom is 0.430 e. The van der Waals surface area contributed by atoms with Gasteiger partial charge < -0.3 is 9.47 Å². The fourth-order valence-corrected chi connectivity index (χ4v) is 2.22. The molecule has 0 spiro atoms. The van der Waals surface area contributed by atoms with Crippen molar-refractivity contribution in [1.29, 1.82) is 0 Å². The standard InChI is InChI=1S/C15H12F6O3/c1-2-23-13(22)10-6-9-5-8(7-14(16,17)18)3-4-11(9)24-12(10)15(19,20)21/h3-6,12H,2,7H2,1H3. The van der Waals surface area contributed by atoms with Gasteiger partial charge in [-0.1, -0.05) is 6.07 Å². The highest BCUT2D eigenvalue weighted by molar-refractivity contribution is 5.96. The summed E-state index contributed by atoms with van der Waals surface area (Å²) in [4.78, 5) is 11.7. The first-order valence-electron chi connectivity index (χ1n) is 6.83. The number of benzene rings is 1. The van der Waals surface area contributed by atoms with Crippen LogP contribution >= 0.6 is 0 Å². The first-order valence-corrected chi connectivity index (χ1v) is 6.83. The summed E-state index contributed by atoms with van der Waals surface area (Å²) >= 11 is 0. The smallest absolute Gasteiger partial charge is 0.430 e. The largest absolute Gasteiger partial charge is 0.475 e. The molecule has 1 heterocycles. The van der Waals surface area contributed by atoms with E-state index >= 15 is 0 Å². The van der Waals surface area contributed by atoms with Crippen molar-refractivity contribution < 1.29 is 40.6 Å². The monoisotopic (exact) mass is 354 g/mol. The Bertz CT molecular complexity index is 660. The Morgan fingerprint density at radius 3 is 2.42 bits per heavy atom. The molecular weight excluding hydrogens is 342 g/mol. The first kappa shape index (κ1) is 18.2. The van der Waals surface area contributed by atoms with Crippen molar-refractivity contribution in [2.45, 2.75) is 31.8 Å². The minimum absolute atomic E-state index is 0.0414. The number of hydrogen-bond acceptors (Lipinski definition) is 3. The molecule has 24 heavy (non-hydrogen) atoms. The number of halogens is 6. The van der Waals surface area contributed by atoms with Crippen molar-refractivity contribution in [1.82, 2.24) is 0 Å². The third-order valence-electron chi connectivity index (χ3n) is 3.13. The van der Waals surface area contributed by atoms with Crippen LogP contribution in [0.4, 0.5) is 26.3 Å². The van der Waals surface area contributed by atoms with Crippen LogP contribution in [0, 0.1) is 0 Å². The zero-order valence-electron chi connectivity index (χ0n) is 12.3. The summed E-state index contributed by atoms with van der Waals surface area (Å²) in [7, 11) is 0. The molecule has 0 N–H and O–H groups in total. The summed E-state index contributed by atoms with van der Waals surface area (Å²) in [6.07, 6.45) is -12.3. The van der Waals surface area contributed by atoms with Crippen LogP contribution < -0.4 is 4.74 Å². The molecule has 2 rings (SSSR count). The first-order chi connectivity index (χ1) is 11.0. The van der Waals surface area contributed by atoms with Crippen LogP contribution in [0.2, 0.25) is 0 Å². The van der Waals surface area contributed by atoms with E-state index in [1.165, 1.54) is 6.92 Å². The molecule has 1 aliphatic rings. The zero-order valence-corrected chi connectivity index (χ0v) is 12.3. The van der Waals surface area contributed by atoms with Gasteiger partial charge in [0, 0.05) is 5.56 Å². The number of hydrogen-bond donors (Lipinski definition) is 0. The van der Waals surface area contributed by atoms with Crippen molar-refractivity contribution in [2.75, 3.05) is 6.61 Å². The van der Waals surface area contributed by atoms with E-state index < -0.39 is 36.4 Å². The SMILES string of the molecule is CCOC(=O)C1=Cc2cc(CC(F)(F)F)ccc2OC1C(F)(F)F. The molecule has 0 bridgehead atoms. The molecule has 1 unspecified atom stereocenters. The van der Waals surface area contributed by atoms with Crippen molar-refractivity contribution in [3.8, 4) is 5.75 Å². The van der Waals surface area contributed by atoms with Crippen molar-refractivity contribution in [2.24, 2.45) is 0 Å². The van der Waals surface area contributed by atoms with Gasteiger partial charge in [0.25, 0.3) is 0 Å². The zero-order chi connectivity index (χ0) is 18.1. The van der Waals surface area contributed by atoms with E-state index in [1.807, 2.05) is 0 Å². The molecule has 0 saturated carbocycles. The number of ether oxygens (including phenoxy) is 2. The van der Waals surface area contributed by atoms with E-state index in [0.29, 0.717) is 0 Å². The summed E-state index contributed by atoms with van der Waals surface area (Å²) in [5.41, 5.74) is -1.00. The average molecular weight is 354 g/mol. The number of carbonyl (C=O) groups excluding carboxylic acids is 1. The summed E-state index contributed by atoms with van der Waals surface area (Å²) in [6, 6.07) is 3.09. The molecule has 0 aromatic heterocycles. The number of alkyl halides is 6. The third-order valence-corrected chi connectivity index (χ3v) is 3.13. The van der Waals surface area contributed by atoms with E-state index in [2.05, 4.69) is 4.74 Å².